The zero-order chi connectivity index (χ0) is 12.1. The van der Waals surface area contributed by atoms with Crippen molar-refractivity contribution in [1.29, 1.82) is 0 Å². The van der Waals surface area contributed by atoms with Crippen LogP contribution in [0, 0.1) is 0 Å². The Kier molecular flexibility index (Phi) is 3.60. The maximum Gasteiger partial charge on any atom is 0.171 e. The van der Waals surface area contributed by atoms with E-state index in [0.717, 1.165) is 5.56 Å². The third kappa shape index (κ3) is 2.75. The lowest BCUT2D eigenvalue weighted by Crippen LogP contribution is -2.06. The summed E-state index contributed by atoms with van der Waals surface area (Å²) in [7, 11) is 0. The molecule has 3 nitrogen and oxygen atoms in total. The minimum Gasteiger partial charge on any atom is -0.493 e. The van der Waals surface area contributed by atoms with Gasteiger partial charge in [0, 0.05) is 6.42 Å². The summed E-state index contributed by atoms with van der Waals surface area (Å²) in [6, 6.07) is 9.09. The van der Waals surface area contributed by atoms with Gasteiger partial charge in [-0.05, 0) is 30.7 Å². The average molecular weight is 230 g/mol. The molecule has 1 aromatic carbocycles. The molecule has 1 aromatic heterocycles. The Morgan fingerprint density at radius 1 is 1.29 bits per heavy atom. The number of carbonyl (C=O) groups is 1. The molecule has 0 saturated heterocycles. The second kappa shape index (κ2) is 5.34. The highest BCUT2D eigenvalue weighted by molar-refractivity contribution is 5.99. The zero-order valence-electron chi connectivity index (χ0n) is 9.68. The third-order valence-corrected chi connectivity index (χ3v) is 2.43. The lowest BCUT2D eigenvalue weighted by atomic mass is 10.0. The fourth-order valence-corrected chi connectivity index (χ4v) is 1.65. The SMILES string of the molecule is CCOc1ccccc1C(=O)Cc1ccoc1. The fraction of sp³-hybridized carbons (Fsp3) is 0.214. The summed E-state index contributed by atoms with van der Waals surface area (Å²) in [4.78, 5) is 12.1. The van der Waals surface area contributed by atoms with E-state index in [1.54, 1.807) is 24.7 Å². The molecule has 0 aliphatic rings. The summed E-state index contributed by atoms with van der Waals surface area (Å²) in [6.07, 6.45) is 3.48. The highest BCUT2D eigenvalue weighted by Crippen LogP contribution is 2.20. The molecule has 3 heteroatoms. The Morgan fingerprint density at radius 2 is 2.12 bits per heavy atom. The summed E-state index contributed by atoms with van der Waals surface area (Å²) in [5.41, 5.74) is 1.50. The van der Waals surface area contributed by atoms with Crippen molar-refractivity contribution in [1.82, 2.24) is 0 Å². The Labute approximate surface area is 100 Å². The fourth-order valence-electron chi connectivity index (χ4n) is 1.65. The van der Waals surface area contributed by atoms with E-state index in [9.17, 15) is 4.79 Å². The van der Waals surface area contributed by atoms with Crippen LogP contribution in [0.25, 0.3) is 0 Å². The first-order chi connectivity index (χ1) is 8.31. The summed E-state index contributed by atoms with van der Waals surface area (Å²) < 4.78 is 10.4. The van der Waals surface area contributed by atoms with Gasteiger partial charge in [0.2, 0.25) is 0 Å². The van der Waals surface area contributed by atoms with Crippen LogP contribution < -0.4 is 4.74 Å². The van der Waals surface area contributed by atoms with Crippen molar-refractivity contribution in [2.75, 3.05) is 6.61 Å². The van der Waals surface area contributed by atoms with Gasteiger partial charge in [0.25, 0.3) is 0 Å². The number of ether oxygens (including phenoxy) is 1. The van der Waals surface area contributed by atoms with Crippen molar-refractivity contribution in [3.05, 3.63) is 54.0 Å². The van der Waals surface area contributed by atoms with E-state index in [1.165, 1.54) is 0 Å². The molecule has 2 rings (SSSR count). The second-order valence-electron chi connectivity index (χ2n) is 3.66. The highest BCUT2D eigenvalue weighted by Gasteiger charge is 2.12. The van der Waals surface area contributed by atoms with Crippen LogP contribution in [-0.4, -0.2) is 12.4 Å². The van der Waals surface area contributed by atoms with Crippen molar-refractivity contribution in [3.63, 3.8) is 0 Å². The Bertz CT molecular complexity index is 486. The van der Waals surface area contributed by atoms with Gasteiger partial charge in [-0.25, -0.2) is 0 Å². The first kappa shape index (κ1) is 11.5. The monoisotopic (exact) mass is 230 g/mol. The molecule has 88 valence electrons. The highest BCUT2D eigenvalue weighted by atomic mass is 16.5. The molecule has 0 N–H and O–H groups in total. The number of ketones is 1. The topological polar surface area (TPSA) is 39.4 Å². The Balaban J connectivity index is 2.18. The summed E-state index contributed by atoms with van der Waals surface area (Å²) in [5.74, 6) is 0.680. The van der Waals surface area contributed by atoms with Gasteiger partial charge in [-0.2, -0.15) is 0 Å². The molecule has 1 heterocycles. The van der Waals surface area contributed by atoms with Gasteiger partial charge in [0.15, 0.2) is 5.78 Å². The van der Waals surface area contributed by atoms with Crippen molar-refractivity contribution >= 4 is 5.78 Å². The van der Waals surface area contributed by atoms with Gasteiger partial charge < -0.3 is 9.15 Å². The number of carbonyl (C=O) groups excluding carboxylic acids is 1. The van der Waals surface area contributed by atoms with Crippen LogP contribution in [0.2, 0.25) is 0 Å². The molecule has 17 heavy (non-hydrogen) atoms. The standard InChI is InChI=1S/C14H14O3/c1-2-17-14-6-4-3-5-12(14)13(15)9-11-7-8-16-10-11/h3-8,10H,2,9H2,1H3. The number of Topliss-reactive ketones (excluding diaryl/α,β-unsaturated/α-hetero) is 1. The maximum absolute atomic E-state index is 12.1. The van der Waals surface area contributed by atoms with Crippen molar-refractivity contribution in [2.45, 2.75) is 13.3 Å². The van der Waals surface area contributed by atoms with Crippen molar-refractivity contribution in [3.8, 4) is 5.75 Å². The normalized spacial score (nSPS) is 10.2. The van der Waals surface area contributed by atoms with E-state index < -0.39 is 0 Å². The van der Waals surface area contributed by atoms with Gasteiger partial charge in [-0.3, -0.25) is 4.79 Å². The number of para-hydroxylation sites is 1. The van der Waals surface area contributed by atoms with E-state index in [0.29, 0.717) is 24.3 Å². The molecule has 0 spiro atoms. The predicted octanol–water partition coefficient (Wildman–Crippen LogP) is 3.10. The number of rotatable bonds is 5. The third-order valence-electron chi connectivity index (χ3n) is 2.43. The van der Waals surface area contributed by atoms with Gasteiger partial charge in [0.1, 0.15) is 5.75 Å². The van der Waals surface area contributed by atoms with Gasteiger partial charge in [0.05, 0.1) is 24.7 Å². The molecular weight excluding hydrogens is 216 g/mol. The van der Waals surface area contributed by atoms with E-state index >= 15 is 0 Å². The lowest BCUT2D eigenvalue weighted by molar-refractivity contribution is 0.0989. The molecule has 0 saturated carbocycles. The quantitative estimate of drug-likeness (QED) is 0.741. The maximum atomic E-state index is 12.1. The molecule has 0 aliphatic heterocycles. The molecule has 0 radical (unpaired) electrons. The Morgan fingerprint density at radius 3 is 2.82 bits per heavy atom. The van der Waals surface area contributed by atoms with Gasteiger partial charge in [-0.15, -0.1) is 0 Å². The predicted molar refractivity (Wildman–Crippen MR) is 64.4 cm³/mol. The average Bonchev–Trinajstić information content (AvgIpc) is 2.83. The molecule has 0 amide bonds. The second-order valence-corrected chi connectivity index (χ2v) is 3.66. The number of hydrogen-bond acceptors (Lipinski definition) is 3. The first-order valence-electron chi connectivity index (χ1n) is 5.57. The zero-order valence-corrected chi connectivity index (χ0v) is 9.68. The lowest BCUT2D eigenvalue weighted by Gasteiger charge is -2.08. The van der Waals surface area contributed by atoms with Gasteiger partial charge >= 0.3 is 0 Å². The van der Waals surface area contributed by atoms with Crippen LogP contribution in [0.1, 0.15) is 22.8 Å². The van der Waals surface area contributed by atoms with Crippen molar-refractivity contribution < 1.29 is 13.9 Å². The summed E-state index contributed by atoms with van der Waals surface area (Å²) in [5, 5.41) is 0. The number of furan rings is 1. The molecular formula is C14H14O3. The van der Waals surface area contributed by atoms with Crippen LogP contribution in [-0.2, 0) is 6.42 Å². The van der Waals surface area contributed by atoms with Crippen LogP contribution in [0.3, 0.4) is 0 Å². The summed E-state index contributed by atoms with van der Waals surface area (Å²) >= 11 is 0. The number of hydrogen-bond donors (Lipinski definition) is 0. The van der Waals surface area contributed by atoms with E-state index in [4.69, 9.17) is 9.15 Å². The minimum atomic E-state index is 0.0375. The molecule has 0 aliphatic carbocycles. The van der Waals surface area contributed by atoms with E-state index in [2.05, 4.69) is 0 Å². The van der Waals surface area contributed by atoms with E-state index in [-0.39, 0.29) is 5.78 Å². The Hall–Kier alpha value is -2.03. The molecule has 0 atom stereocenters. The van der Waals surface area contributed by atoms with Crippen LogP contribution in [0.15, 0.2) is 47.3 Å². The van der Waals surface area contributed by atoms with E-state index in [1.807, 2.05) is 25.1 Å². The molecule has 0 unspecified atom stereocenters. The minimum absolute atomic E-state index is 0.0375. The number of benzene rings is 1. The molecule has 0 fully saturated rings. The van der Waals surface area contributed by atoms with Crippen LogP contribution in [0.5, 0.6) is 5.75 Å². The molecule has 0 bridgehead atoms. The largest absolute Gasteiger partial charge is 0.493 e. The van der Waals surface area contributed by atoms with Crippen LogP contribution >= 0.6 is 0 Å². The van der Waals surface area contributed by atoms with Crippen LogP contribution in [0.4, 0.5) is 0 Å². The molecule has 2 aromatic rings. The first-order valence-corrected chi connectivity index (χ1v) is 5.57. The summed E-state index contributed by atoms with van der Waals surface area (Å²) in [6.45, 7) is 2.45. The van der Waals surface area contributed by atoms with Gasteiger partial charge in [-0.1, -0.05) is 12.1 Å². The van der Waals surface area contributed by atoms with Crippen molar-refractivity contribution in [2.24, 2.45) is 0 Å². The smallest absolute Gasteiger partial charge is 0.171 e.